The summed E-state index contributed by atoms with van der Waals surface area (Å²) in [6.45, 7) is 2.50. The molecule has 0 spiro atoms. The van der Waals surface area contributed by atoms with Crippen molar-refractivity contribution in [2.75, 3.05) is 25.4 Å². The number of aliphatic hydroxyl groups is 1. The third-order valence-electron chi connectivity index (χ3n) is 3.64. The van der Waals surface area contributed by atoms with E-state index in [0.717, 1.165) is 12.8 Å². The van der Waals surface area contributed by atoms with Crippen molar-refractivity contribution in [1.82, 2.24) is 14.1 Å². The van der Waals surface area contributed by atoms with Crippen LogP contribution in [0.5, 0.6) is 0 Å². The fourth-order valence-corrected chi connectivity index (χ4v) is 4.30. The molecule has 1 aliphatic rings. The van der Waals surface area contributed by atoms with Gasteiger partial charge in [0, 0.05) is 26.7 Å². The highest BCUT2D eigenvalue weighted by Crippen LogP contribution is 2.28. The van der Waals surface area contributed by atoms with E-state index in [1.807, 2.05) is 0 Å². The topological polar surface area (TPSA) is 101 Å². The Morgan fingerprint density at radius 3 is 2.74 bits per heavy atom. The molecule has 7 nitrogen and oxygen atoms in total. The van der Waals surface area contributed by atoms with E-state index in [1.54, 1.807) is 14.0 Å². The summed E-state index contributed by atoms with van der Waals surface area (Å²) in [5.41, 5.74) is 6.25. The van der Waals surface area contributed by atoms with E-state index < -0.39 is 10.0 Å². The SMILES string of the molecule is Cc1c(S(=O)(=O)N2CCCC(CO)C2)c(N)nn1C. The van der Waals surface area contributed by atoms with Crippen molar-refractivity contribution < 1.29 is 13.5 Å². The van der Waals surface area contributed by atoms with E-state index in [0.29, 0.717) is 18.8 Å². The monoisotopic (exact) mass is 288 g/mol. The first-order valence-corrected chi connectivity index (χ1v) is 7.72. The van der Waals surface area contributed by atoms with E-state index in [-0.39, 0.29) is 23.2 Å². The highest BCUT2D eigenvalue weighted by molar-refractivity contribution is 7.89. The minimum atomic E-state index is -3.63. The number of aliphatic hydroxyl groups excluding tert-OH is 1. The first kappa shape index (κ1) is 14.3. The molecular formula is C11H20N4O3S. The average Bonchev–Trinajstić information content (AvgIpc) is 2.63. The summed E-state index contributed by atoms with van der Waals surface area (Å²) in [5.74, 6) is 0.0350. The average molecular weight is 288 g/mol. The van der Waals surface area contributed by atoms with Crippen LogP contribution in [0.15, 0.2) is 4.90 Å². The van der Waals surface area contributed by atoms with E-state index in [1.165, 1.54) is 8.99 Å². The van der Waals surface area contributed by atoms with Crippen LogP contribution in [0.25, 0.3) is 0 Å². The minimum absolute atomic E-state index is 0.00160. The van der Waals surface area contributed by atoms with Crippen LogP contribution in [0.1, 0.15) is 18.5 Å². The predicted octanol–water partition coefficient (Wildman–Crippen LogP) is -0.296. The zero-order valence-electron chi connectivity index (χ0n) is 11.2. The second-order valence-electron chi connectivity index (χ2n) is 4.98. The molecule has 2 rings (SSSR count). The number of anilines is 1. The number of nitrogens with two attached hydrogens (primary N) is 1. The van der Waals surface area contributed by atoms with E-state index in [2.05, 4.69) is 5.10 Å². The zero-order chi connectivity index (χ0) is 14.2. The van der Waals surface area contributed by atoms with Crippen LogP contribution in [0.3, 0.4) is 0 Å². The number of aromatic nitrogens is 2. The van der Waals surface area contributed by atoms with Crippen LogP contribution in [0, 0.1) is 12.8 Å². The predicted molar refractivity (Wildman–Crippen MR) is 70.9 cm³/mol. The summed E-state index contributed by atoms with van der Waals surface area (Å²) in [6.07, 6.45) is 1.60. The van der Waals surface area contributed by atoms with Crippen molar-refractivity contribution >= 4 is 15.8 Å². The van der Waals surface area contributed by atoms with Crippen molar-refractivity contribution in [3.05, 3.63) is 5.69 Å². The van der Waals surface area contributed by atoms with Crippen LogP contribution in [0.2, 0.25) is 0 Å². The van der Waals surface area contributed by atoms with Crippen LogP contribution >= 0.6 is 0 Å². The number of piperidine rings is 1. The molecule has 0 saturated carbocycles. The van der Waals surface area contributed by atoms with Gasteiger partial charge in [0.25, 0.3) is 0 Å². The number of hydrogen-bond donors (Lipinski definition) is 2. The smallest absolute Gasteiger partial charge is 0.248 e. The maximum atomic E-state index is 12.6. The van der Waals surface area contributed by atoms with Gasteiger partial charge in [0.15, 0.2) is 5.82 Å². The Kier molecular flexibility index (Phi) is 3.84. The first-order chi connectivity index (χ1) is 8.87. The lowest BCUT2D eigenvalue weighted by molar-refractivity contribution is 0.165. The molecule has 19 heavy (non-hydrogen) atoms. The molecule has 1 aromatic heterocycles. The second-order valence-corrected chi connectivity index (χ2v) is 6.85. The summed E-state index contributed by atoms with van der Waals surface area (Å²) in [7, 11) is -1.97. The molecule has 8 heteroatoms. The lowest BCUT2D eigenvalue weighted by Crippen LogP contribution is -2.41. The molecule has 1 saturated heterocycles. The number of rotatable bonds is 3. The van der Waals surface area contributed by atoms with Gasteiger partial charge >= 0.3 is 0 Å². The Labute approximate surface area is 113 Å². The molecule has 108 valence electrons. The normalized spacial score (nSPS) is 21.7. The number of hydrogen-bond acceptors (Lipinski definition) is 5. The lowest BCUT2D eigenvalue weighted by Gasteiger charge is -2.30. The van der Waals surface area contributed by atoms with Gasteiger partial charge in [0.2, 0.25) is 10.0 Å². The van der Waals surface area contributed by atoms with Gasteiger partial charge in [-0.15, -0.1) is 0 Å². The molecule has 1 fully saturated rings. The quantitative estimate of drug-likeness (QED) is 0.795. The molecule has 0 amide bonds. The minimum Gasteiger partial charge on any atom is -0.396 e. The van der Waals surface area contributed by atoms with Crippen molar-refractivity contribution in [3.8, 4) is 0 Å². The molecule has 0 radical (unpaired) electrons. The Morgan fingerprint density at radius 1 is 1.53 bits per heavy atom. The number of nitrogens with zero attached hydrogens (tertiary/aromatic N) is 3. The maximum absolute atomic E-state index is 12.6. The van der Waals surface area contributed by atoms with Gasteiger partial charge in [-0.25, -0.2) is 8.42 Å². The summed E-state index contributed by atoms with van der Waals surface area (Å²) >= 11 is 0. The lowest BCUT2D eigenvalue weighted by atomic mass is 10.0. The summed E-state index contributed by atoms with van der Waals surface area (Å²) in [4.78, 5) is 0.0913. The zero-order valence-corrected chi connectivity index (χ0v) is 12.0. The molecule has 1 aliphatic heterocycles. The van der Waals surface area contributed by atoms with Crippen LogP contribution < -0.4 is 5.73 Å². The molecule has 0 bridgehead atoms. The van der Waals surface area contributed by atoms with Crippen molar-refractivity contribution in [3.63, 3.8) is 0 Å². The first-order valence-electron chi connectivity index (χ1n) is 6.28. The van der Waals surface area contributed by atoms with Crippen LogP contribution in [0.4, 0.5) is 5.82 Å². The molecule has 2 heterocycles. The van der Waals surface area contributed by atoms with Gasteiger partial charge in [-0.2, -0.15) is 9.40 Å². The molecule has 3 N–H and O–H groups in total. The van der Waals surface area contributed by atoms with E-state index >= 15 is 0 Å². The molecular weight excluding hydrogens is 268 g/mol. The van der Waals surface area contributed by atoms with Crippen LogP contribution in [-0.4, -0.2) is 47.3 Å². The largest absolute Gasteiger partial charge is 0.396 e. The van der Waals surface area contributed by atoms with Gasteiger partial charge in [0.05, 0.1) is 5.69 Å². The Balaban J connectivity index is 2.37. The fraction of sp³-hybridized carbons (Fsp3) is 0.727. The van der Waals surface area contributed by atoms with Crippen molar-refractivity contribution in [2.24, 2.45) is 13.0 Å². The van der Waals surface area contributed by atoms with E-state index in [9.17, 15) is 13.5 Å². The highest BCUT2D eigenvalue weighted by Gasteiger charge is 2.34. The number of sulfonamides is 1. The standard InChI is InChI=1S/C11H20N4O3S/c1-8-10(11(12)13-14(8)2)19(17,18)15-5-3-4-9(6-15)7-16/h9,16H,3-7H2,1-2H3,(H2,12,13). The van der Waals surface area contributed by atoms with Crippen molar-refractivity contribution in [1.29, 1.82) is 0 Å². The van der Waals surface area contributed by atoms with E-state index in [4.69, 9.17) is 5.73 Å². The van der Waals surface area contributed by atoms with Gasteiger partial charge in [-0.1, -0.05) is 0 Å². The molecule has 1 unspecified atom stereocenters. The molecule has 1 atom stereocenters. The van der Waals surface area contributed by atoms with Crippen LogP contribution in [-0.2, 0) is 17.1 Å². The Morgan fingerprint density at radius 2 is 2.21 bits per heavy atom. The molecule has 0 aliphatic carbocycles. The third-order valence-corrected chi connectivity index (χ3v) is 5.67. The third kappa shape index (κ3) is 2.47. The number of nitrogen functional groups attached to an aromatic ring is 1. The van der Waals surface area contributed by atoms with Gasteiger partial charge in [-0.3, -0.25) is 4.68 Å². The summed E-state index contributed by atoms with van der Waals surface area (Å²) < 4.78 is 28.1. The van der Waals surface area contributed by atoms with Gasteiger partial charge in [0.1, 0.15) is 4.90 Å². The molecule has 0 aromatic carbocycles. The van der Waals surface area contributed by atoms with Gasteiger partial charge in [-0.05, 0) is 25.7 Å². The second kappa shape index (κ2) is 5.10. The Hall–Kier alpha value is -1.12. The fourth-order valence-electron chi connectivity index (χ4n) is 2.46. The molecule has 1 aromatic rings. The Bertz CT molecular complexity index is 567. The maximum Gasteiger partial charge on any atom is 0.248 e. The summed E-state index contributed by atoms with van der Waals surface area (Å²) in [6, 6.07) is 0. The van der Waals surface area contributed by atoms with Crippen molar-refractivity contribution in [2.45, 2.75) is 24.7 Å². The highest BCUT2D eigenvalue weighted by atomic mass is 32.2. The number of aryl methyl sites for hydroxylation is 1. The summed E-state index contributed by atoms with van der Waals surface area (Å²) in [5, 5.41) is 13.1. The van der Waals surface area contributed by atoms with Gasteiger partial charge < -0.3 is 10.8 Å².